The number of hydrogen-bond acceptors (Lipinski definition) is 3. The Balaban J connectivity index is 2.47. The third-order valence-electron chi connectivity index (χ3n) is 2.89. The fraction of sp³-hybridized carbons (Fsp3) is 0.286. The summed E-state index contributed by atoms with van der Waals surface area (Å²) in [6, 6.07) is 8.30. The number of hydrogen-bond donors (Lipinski definition) is 1. The predicted octanol–water partition coefficient (Wildman–Crippen LogP) is 2.08. The lowest BCUT2D eigenvalue weighted by molar-refractivity contribution is 0.0600. The highest BCUT2D eigenvalue weighted by Crippen LogP contribution is 2.13. The molecule has 100 valence electrons. The number of carbonyl (C=O) groups is 1. The van der Waals surface area contributed by atoms with Crippen LogP contribution in [0.2, 0.25) is 0 Å². The van der Waals surface area contributed by atoms with Gasteiger partial charge in [-0.05, 0) is 24.1 Å². The first-order valence-electron chi connectivity index (χ1n) is 6.03. The lowest BCUT2D eigenvalue weighted by Crippen LogP contribution is -2.14. The average Bonchev–Trinajstić information content (AvgIpc) is 2.80. The zero-order valence-electron chi connectivity index (χ0n) is 11.1. The van der Waals surface area contributed by atoms with Gasteiger partial charge >= 0.3 is 5.97 Å². The van der Waals surface area contributed by atoms with E-state index in [0.29, 0.717) is 11.3 Å². The first-order chi connectivity index (χ1) is 9.02. The minimum Gasteiger partial charge on any atom is -0.465 e. The maximum atomic E-state index is 11.9. The summed E-state index contributed by atoms with van der Waals surface area (Å²) in [5.41, 5.74) is 1.73. The number of aromatic amines is 1. The van der Waals surface area contributed by atoms with Crippen molar-refractivity contribution in [1.82, 2.24) is 9.78 Å². The molecule has 5 heteroatoms. The van der Waals surface area contributed by atoms with Gasteiger partial charge in [0.1, 0.15) is 0 Å². The molecule has 1 N–H and O–H groups in total. The Kier molecular flexibility index (Phi) is 3.55. The minimum absolute atomic E-state index is 0.147. The van der Waals surface area contributed by atoms with Gasteiger partial charge in [-0.2, -0.15) is 0 Å². The summed E-state index contributed by atoms with van der Waals surface area (Å²) >= 11 is 0. The van der Waals surface area contributed by atoms with Gasteiger partial charge in [-0.25, -0.2) is 9.48 Å². The van der Waals surface area contributed by atoms with Gasteiger partial charge in [-0.3, -0.25) is 9.89 Å². The summed E-state index contributed by atoms with van der Waals surface area (Å²) in [5.74, 6) is -0.191. The van der Waals surface area contributed by atoms with Crippen LogP contribution in [0.25, 0.3) is 5.69 Å². The maximum Gasteiger partial charge on any atom is 0.337 e. The van der Waals surface area contributed by atoms with Crippen molar-refractivity contribution in [3.8, 4) is 5.69 Å². The van der Waals surface area contributed by atoms with Gasteiger partial charge in [-0.15, -0.1) is 0 Å². The van der Waals surface area contributed by atoms with Crippen LogP contribution in [0.5, 0.6) is 0 Å². The van der Waals surface area contributed by atoms with E-state index in [1.54, 1.807) is 30.3 Å². The molecule has 0 spiro atoms. The second-order valence-corrected chi connectivity index (χ2v) is 4.58. The van der Waals surface area contributed by atoms with Crippen LogP contribution in [0.1, 0.15) is 35.8 Å². The van der Waals surface area contributed by atoms with Crippen molar-refractivity contribution in [2.75, 3.05) is 7.11 Å². The summed E-state index contributed by atoms with van der Waals surface area (Å²) in [6.07, 6.45) is 0. The number of methoxy groups -OCH3 is 1. The van der Waals surface area contributed by atoms with Crippen LogP contribution < -0.4 is 5.56 Å². The van der Waals surface area contributed by atoms with Gasteiger partial charge in [0, 0.05) is 11.8 Å². The molecule has 0 unspecified atom stereocenters. The molecule has 2 rings (SSSR count). The van der Waals surface area contributed by atoms with Gasteiger partial charge in [-0.1, -0.05) is 19.9 Å². The van der Waals surface area contributed by atoms with E-state index in [2.05, 4.69) is 9.84 Å². The van der Waals surface area contributed by atoms with Crippen LogP contribution in [0.15, 0.2) is 35.1 Å². The molecule has 0 aliphatic rings. The molecule has 0 aliphatic heterocycles. The van der Waals surface area contributed by atoms with Crippen molar-refractivity contribution in [3.63, 3.8) is 0 Å². The van der Waals surface area contributed by atoms with Gasteiger partial charge in [0.15, 0.2) is 0 Å². The highest BCUT2D eigenvalue weighted by atomic mass is 16.5. The SMILES string of the molecule is COC(=O)c1cccc(-n2[nH]c(C(C)C)cc2=O)c1. The first-order valence-corrected chi connectivity index (χ1v) is 6.03. The van der Waals surface area contributed by atoms with Crippen LogP contribution in [0.4, 0.5) is 0 Å². The molecular weight excluding hydrogens is 244 g/mol. The molecule has 1 aromatic carbocycles. The Bertz CT molecular complexity index is 653. The van der Waals surface area contributed by atoms with Crippen molar-refractivity contribution >= 4 is 5.97 Å². The highest BCUT2D eigenvalue weighted by molar-refractivity contribution is 5.89. The number of nitrogens with one attached hydrogen (secondary N) is 1. The van der Waals surface area contributed by atoms with Crippen LogP contribution in [0.3, 0.4) is 0 Å². The quantitative estimate of drug-likeness (QED) is 0.859. The Labute approximate surface area is 110 Å². The van der Waals surface area contributed by atoms with E-state index >= 15 is 0 Å². The fourth-order valence-corrected chi connectivity index (χ4v) is 1.79. The Morgan fingerprint density at radius 3 is 2.63 bits per heavy atom. The van der Waals surface area contributed by atoms with Crippen molar-refractivity contribution < 1.29 is 9.53 Å². The number of nitrogens with zero attached hydrogens (tertiary/aromatic N) is 1. The fourth-order valence-electron chi connectivity index (χ4n) is 1.79. The van der Waals surface area contributed by atoms with Crippen molar-refractivity contribution in [1.29, 1.82) is 0 Å². The zero-order chi connectivity index (χ0) is 14.0. The number of H-pyrrole nitrogens is 1. The van der Waals surface area contributed by atoms with E-state index in [4.69, 9.17) is 0 Å². The van der Waals surface area contributed by atoms with Crippen molar-refractivity contribution in [2.24, 2.45) is 0 Å². The smallest absolute Gasteiger partial charge is 0.337 e. The van der Waals surface area contributed by atoms with Crippen LogP contribution in [-0.4, -0.2) is 22.9 Å². The topological polar surface area (TPSA) is 64.1 Å². The molecule has 1 aromatic heterocycles. The van der Waals surface area contributed by atoms with Crippen LogP contribution >= 0.6 is 0 Å². The molecule has 19 heavy (non-hydrogen) atoms. The molecule has 5 nitrogen and oxygen atoms in total. The van der Waals surface area contributed by atoms with E-state index in [0.717, 1.165) is 5.69 Å². The van der Waals surface area contributed by atoms with Crippen molar-refractivity contribution in [2.45, 2.75) is 19.8 Å². The second kappa shape index (κ2) is 5.14. The Morgan fingerprint density at radius 1 is 1.32 bits per heavy atom. The summed E-state index contributed by atoms with van der Waals surface area (Å²) in [4.78, 5) is 23.4. The summed E-state index contributed by atoms with van der Waals surface area (Å²) in [6.45, 7) is 4.00. The summed E-state index contributed by atoms with van der Waals surface area (Å²) in [5, 5.41) is 3.03. The molecule has 0 saturated carbocycles. The summed E-state index contributed by atoms with van der Waals surface area (Å²) < 4.78 is 6.08. The molecule has 0 radical (unpaired) electrons. The van der Waals surface area contributed by atoms with E-state index in [-0.39, 0.29) is 11.5 Å². The monoisotopic (exact) mass is 260 g/mol. The van der Waals surface area contributed by atoms with Gasteiger partial charge < -0.3 is 4.74 Å². The zero-order valence-corrected chi connectivity index (χ0v) is 11.1. The molecule has 2 aromatic rings. The molecule has 0 aliphatic carbocycles. The van der Waals surface area contributed by atoms with E-state index in [9.17, 15) is 9.59 Å². The number of ether oxygens (including phenoxy) is 1. The average molecular weight is 260 g/mol. The van der Waals surface area contributed by atoms with Gasteiger partial charge in [0.05, 0.1) is 18.4 Å². The molecule has 0 saturated heterocycles. The minimum atomic E-state index is -0.425. The number of benzene rings is 1. The number of rotatable bonds is 3. The summed E-state index contributed by atoms with van der Waals surface area (Å²) in [7, 11) is 1.33. The van der Waals surface area contributed by atoms with Crippen molar-refractivity contribution in [3.05, 3.63) is 51.9 Å². The molecule has 0 amide bonds. The largest absolute Gasteiger partial charge is 0.465 e. The lowest BCUT2D eigenvalue weighted by atomic mass is 10.1. The molecule has 0 atom stereocenters. The van der Waals surface area contributed by atoms with Gasteiger partial charge in [0.2, 0.25) is 0 Å². The molecule has 1 heterocycles. The molecular formula is C14H16N2O3. The van der Waals surface area contributed by atoms with Crippen LogP contribution in [-0.2, 0) is 4.74 Å². The van der Waals surface area contributed by atoms with E-state index in [1.807, 2.05) is 13.8 Å². The molecule has 0 fully saturated rings. The number of esters is 1. The number of aromatic nitrogens is 2. The molecule has 0 bridgehead atoms. The normalized spacial score (nSPS) is 10.7. The van der Waals surface area contributed by atoms with E-state index in [1.165, 1.54) is 11.8 Å². The Morgan fingerprint density at radius 2 is 2.05 bits per heavy atom. The number of carbonyl (C=O) groups excluding carboxylic acids is 1. The third-order valence-corrected chi connectivity index (χ3v) is 2.89. The predicted molar refractivity (Wildman–Crippen MR) is 71.8 cm³/mol. The third kappa shape index (κ3) is 2.59. The van der Waals surface area contributed by atoms with Crippen LogP contribution in [0, 0.1) is 0 Å². The highest BCUT2D eigenvalue weighted by Gasteiger charge is 2.10. The first kappa shape index (κ1) is 13.1. The Hall–Kier alpha value is -2.30. The second-order valence-electron chi connectivity index (χ2n) is 4.58. The maximum absolute atomic E-state index is 11.9. The van der Waals surface area contributed by atoms with Gasteiger partial charge in [0.25, 0.3) is 5.56 Å². The lowest BCUT2D eigenvalue weighted by Gasteiger charge is -2.05. The standard InChI is InChI=1S/C14H16N2O3/c1-9(2)12-8-13(17)16(15-12)11-6-4-5-10(7-11)14(18)19-3/h4-9,15H,1-3H3. The van der Waals surface area contributed by atoms with E-state index < -0.39 is 5.97 Å².